The fourth-order valence-corrected chi connectivity index (χ4v) is 2.31. The fraction of sp³-hybridized carbons (Fsp3) is 0.176. The van der Waals surface area contributed by atoms with Crippen LogP contribution in [0, 0.1) is 0 Å². The van der Waals surface area contributed by atoms with E-state index in [-0.39, 0.29) is 11.3 Å². The summed E-state index contributed by atoms with van der Waals surface area (Å²) in [4.78, 5) is 23.8. The average Bonchev–Trinajstić information content (AvgIpc) is 2.45. The number of benzene rings is 2. The number of nitrogens with one attached hydrogen (secondary N) is 1. The Hall–Kier alpha value is -3.02. The fourth-order valence-electron chi connectivity index (χ4n) is 2.31. The van der Waals surface area contributed by atoms with Crippen molar-refractivity contribution in [2.24, 2.45) is 0 Å². The Morgan fingerprint density at radius 1 is 1.09 bits per heavy atom. The number of carbonyl (C=O) groups excluding carboxylic acids is 2. The monoisotopic (exact) mass is 313 g/mol. The zero-order chi connectivity index (χ0) is 16.6. The van der Waals surface area contributed by atoms with E-state index in [2.05, 4.69) is 5.32 Å². The first-order valence-electron chi connectivity index (χ1n) is 7.01. The first-order valence-corrected chi connectivity index (χ1v) is 7.01. The zero-order valence-corrected chi connectivity index (χ0v) is 12.6. The summed E-state index contributed by atoms with van der Waals surface area (Å²) in [5.74, 6) is -2.64. The first kappa shape index (κ1) is 14.9. The lowest BCUT2D eigenvalue weighted by Crippen LogP contribution is -2.42. The summed E-state index contributed by atoms with van der Waals surface area (Å²) in [7, 11) is 0. The summed E-state index contributed by atoms with van der Waals surface area (Å²) >= 11 is 0. The van der Waals surface area contributed by atoms with Gasteiger partial charge in [-0.25, -0.2) is 9.59 Å². The molecule has 0 aromatic heterocycles. The number of carbonyl (C=O) groups is 2. The second kappa shape index (κ2) is 5.31. The second-order valence-corrected chi connectivity index (χ2v) is 5.59. The van der Waals surface area contributed by atoms with E-state index >= 15 is 0 Å². The predicted octanol–water partition coefficient (Wildman–Crippen LogP) is 2.68. The third-order valence-corrected chi connectivity index (χ3v) is 3.35. The highest BCUT2D eigenvalue weighted by molar-refractivity contribution is 6.15. The van der Waals surface area contributed by atoms with Crippen LogP contribution in [-0.2, 0) is 19.1 Å². The summed E-state index contributed by atoms with van der Waals surface area (Å²) in [6.07, 6.45) is 1.25. The molecule has 0 saturated carbocycles. The van der Waals surface area contributed by atoms with E-state index in [1.54, 1.807) is 24.3 Å². The molecule has 0 radical (unpaired) electrons. The molecule has 6 nitrogen and oxygen atoms in total. The van der Waals surface area contributed by atoms with E-state index < -0.39 is 17.7 Å². The quantitative estimate of drug-likeness (QED) is 0.504. The molecule has 2 aromatic rings. The van der Waals surface area contributed by atoms with Gasteiger partial charge in [0, 0.05) is 31.1 Å². The standard InChI is InChI=1S/C17H15NO5/c1-17(2)22-15(20)13(16(21)23-17)9-18-14-5-3-4-10-6-7-11(19)8-12(10)14/h3-9,18-19H,1-2H3. The van der Waals surface area contributed by atoms with E-state index in [1.165, 1.54) is 20.0 Å². The number of hydrogen-bond acceptors (Lipinski definition) is 6. The SMILES string of the molecule is CC1(C)OC(=O)C(=CNc2cccc3ccc(O)cc23)C(=O)O1. The number of rotatable bonds is 2. The van der Waals surface area contributed by atoms with Gasteiger partial charge in [-0.3, -0.25) is 0 Å². The second-order valence-electron chi connectivity index (χ2n) is 5.59. The molecular formula is C17H15NO5. The Morgan fingerprint density at radius 2 is 1.78 bits per heavy atom. The topological polar surface area (TPSA) is 84.9 Å². The van der Waals surface area contributed by atoms with Crippen LogP contribution in [-0.4, -0.2) is 22.8 Å². The number of esters is 2. The van der Waals surface area contributed by atoms with Crippen molar-refractivity contribution in [2.75, 3.05) is 5.32 Å². The number of phenolic OH excluding ortho intramolecular Hbond substituents is 1. The molecule has 1 aliphatic rings. The van der Waals surface area contributed by atoms with Crippen molar-refractivity contribution in [2.45, 2.75) is 19.6 Å². The Morgan fingerprint density at radius 3 is 2.48 bits per heavy atom. The van der Waals surface area contributed by atoms with Crippen LogP contribution in [0.4, 0.5) is 5.69 Å². The molecule has 6 heteroatoms. The van der Waals surface area contributed by atoms with E-state index in [1.807, 2.05) is 12.1 Å². The average molecular weight is 313 g/mol. The molecule has 2 N–H and O–H groups in total. The molecule has 0 bridgehead atoms. The molecule has 1 fully saturated rings. The summed E-state index contributed by atoms with van der Waals surface area (Å²) in [5, 5.41) is 14.2. The molecule has 0 aliphatic carbocycles. The van der Waals surface area contributed by atoms with Crippen LogP contribution < -0.4 is 5.32 Å². The molecule has 1 heterocycles. The van der Waals surface area contributed by atoms with Crippen molar-refractivity contribution >= 4 is 28.4 Å². The van der Waals surface area contributed by atoms with Gasteiger partial charge in [0.05, 0.1) is 0 Å². The van der Waals surface area contributed by atoms with Gasteiger partial charge < -0.3 is 19.9 Å². The number of aromatic hydroxyl groups is 1. The third kappa shape index (κ3) is 2.96. The Labute approximate surface area is 132 Å². The molecule has 0 amide bonds. The molecule has 1 aliphatic heterocycles. The lowest BCUT2D eigenvalue weighted by molar-refractivity contribution is -0.222. The minimum absolute atomic E-state index is 0.123. The third-order valence-electron chi connectivity index (χ3n) is 3.35. The number of ether oxygens (including phenoxy) is 2. The van der Waals surface area contributed by atoms with Gasteiger partial charge >= 0.3 is 11.9 Å². The highest BCUT2D eigenvalue weighted by Crippen LogP contribution is 2.28. The van der Waals surface area contributed by atoms with Crippen LogP contribution in [0.1, 0.15) is 13.8 Å². The van der Waals surface area contributed by atoms with Crippen LogP contribution in [0.15, 0.2) is 48.2 Å². The van der Waals surface area contributed by atoms with Crippen LogP contribution in [0.5, 0.6) is 5.75 Å². The minimum Gasteiger partial charge on any atom is -0.508 e. The molecule has 2 aromatic carbocycles. The smallest absolute Gasteiger partial charge is 0.350 e. The molecule has 1 saturated heterocycles. The van der Waals surface area contributed by atoms with Gasteiger partial charge in [0.1, 0.15) is 5.75 Å². The Kier molecular flexibility index (Phi) is 3.44. The molecule has 0 spiro atoms. The first-order chi connectivity index (χ1) is 10.9. The maximum atomic E-state index is 11.9. The molecule has 0 atom stereocenters. The predicted molar refractivity (Wildman–Crippen MR) is 83.6 cm³/mol. The van der Waals surface area contributed by atoms with Crippen molar-refractivity contribution in [1.82, 2.24) is 0 Å². The molecule has 0 unspecified atom stereocenters. The summed E-state index contributed by atoms with van der Waals surface area (Å²) in [5.41, 5.74) is 0.415. The van der Waals surface area contributed by atoms with Gasteiger partial charge in [-0.1, -0.05) is 18.2 Å². The van der Waals surface area contributed by atoms with Gasteiger partial charge in [-0.15, -0.1) is 0 Å². The van der Waals surface area contributed by atoms with Crippen molar-refractivity contribution in [3.8, 4) is 5.75 Å². The highest BCUT2D eigenvalue weighted by Gasteiger charge is 2.38. The largest absolute Gasteiger partial charge is 0.508 e. The van der Waals surface area contributed by atoms with Gasteiger partial charge in [0.2, 0.25) is 0 Å². The number of phenols is 1. The van der Waals surface area contributed by atoms with Crippen LogP contribution in [0.25, 0.3) is 10.8 Å². The van der Waals surface area contributed by atoms with E-state index in [4.69, 9.17) is 9.47 Å². The van der Waals surface area contributed by atoms with Gasteiger partial charge in [-0.2, -0.15) is 0 Å². The normalized spacial score (nSPS) is 16.7. The van der Waals surface area contributed by atoms with Crippen LogP contribution >= 0.6 is 0 Å². The Bertz CT molecular complexity index is 816. The van der Waals surface area contributed by atoms with Gasteiger partial charge in [-0.05, 0) is 23.6 Å². The lowest BCUT2D eigenvalue weighted by atomic mass is 10.1. The summed E-state index contributed by atoms with van der Waals surface area (Å²) in [6.45, 7) is 2.97. The number of anilines is 1. The van der Waals surface area contributed by atoms with Crippen molar-refractivity contribution in [3.63, 3.8) is 0 Å². The van der Waals surface area contributed by atoms with E-state index in [0.29, 0.717) is 5.69 Å². The molecule has 118 valence electrons. The maximum Gasteiger partial charge on any atom is 0.350 e. The van der Waals surface area contributed by atoms with Crippen molar-refractivity contribution in [1.29, 1.82) is 0 Å². The minimum atomic E-state index is -1.27. The maximum absolute atomic E-state index is 11.9. The summed E-state index contributed by atoms with van der Waals surface area (Å²) in [6, 6.07) is 10.4. The summed E-state index contributed by atoms with van der Waals surface area (Å²) < 4.78 is 10.0. The zero-order valence-electron chi connectivity index (χ0n) is 12.6. The van der Waals surface area contributed by atoms with Crippen LogP contribution in [0.3, 0.4) is 0 Å². The number of hydrogen-bond donors (Lipinski definition) is 2. The molecule has 3 rings (SSSR count). The van der Waals surface area contributed by atoms with Crippen LogP contribution in [0.2, 0.25) is 0 Å². The number of fused-ring (bicyclic) bond motifs is 1. The van der Waals surface area contributed by atoms with Gasteiger partial charge in [0.25, 0.3) is 5.79 Å². The van der Waals surface area contributed by atoms with Crippen molar-refractivity contribution in [3.05, 3.63) is 48.2 Å². The Balaban J connectivity index is 1.93. The highest BCUT2D eigenvalue weighted by atomic mass is 16.7. The van der Waals surface area contributed by atoms with Crippen molar-refractivity contribution < 1.29 is 24.2 Å². The number of cyclic esters (lactones) is 2. The van der Waals surface area contributed by atoms with E-state index in [9.17, 15) is 14.7 Å². The van der Waals surface area contributed by atoms with Gasteiger partial charge in [0.15, 0.2) is 5.57 Å². The van der Waals surface area contributed by atoms with E-state index in [0.717, 1.165) is 10.8 Å². The lowest BCUT2D eigenvalue weighted by Gasteiger charge is -2.29. The molecule has 23 heavy (non-hydrogen) atoms. The molecular weight excluding hydrogens is 298 g/mol.